The summed E-state index contributed by atoms with van der Waals surface area (Å²) in [5.74, 6) is 0. The maximum absolute atomic E-state index is 7.50. The van der Waals surface area contributed by atoms with Crippen molar-refractivity contribution in [1.29, 1.82) is 0 Å². The van der Waals surface area contributed by atoms with Crippen molar-refractivity contribution >= 4 is 0 Å². The standard InChI is InChI=1S/4CO.Fe.2H/c4*1-2;;;. The summed E-state index contributed by atoms with van der Waals surface area (Å²) < 4.78 is 30.0. The summed E-state index contributed by atoms with van der Waals surface area (Å²) in [5, 5.41) is 0. The summed E-state index contributed by atoms with van der Waals surface area (Å²) in [5.41, 5.74) is 0. The van der Waals surface area contributed by atoms with E-state index < -0.39 is 0 Å². The van der Waals surface area contributed by atoms with E-state index in [1.54, 1.807) is 0 Å². The van der Waals surface area contributed by atoms with Gasteiger partial charge in [0.1, 0.15) is 0 Å². The molecule has 0 saturated carbocycles. The molecule has 0 unspecified atom stereocenters. The Hall–Kier alpha value is -0.521. The zero-order chi connectivity index (χ0) is 8.00. The zero-order valence-electron chi connectivity index (χ0n) is 4.04. The third-order valence-electron chi connectivity index (χ3n) is 0. The summed E-state index contributed by atoms with van der Waals surface area (Å²) in [4.78, 5) is 0. The fourth-order valence-corrected chi connectivity index (χ4v) is 0. The molecule has 0 aromatic carbocycles. The summed E-state index contributed by atoms with van der Waals surface area (Å²) in [7, 11) is 0. The van der Waals surface area contributed by atoms with Crippen LogP contribution in [0.15, 0.2) is 0 Å². The summed E-state index contributed by atoms with van der Waals surface area (Å²) in [6, 6.07) is 0. The van der Waals surface area contributed by atoms with Crippen LogP contribution in [-0.4, -0.2) is 0 Å². The fraction of sp³-hybridized carbons (Fsp3) is 0. The first kappa shape index (κ1) is 39.2. The third-order valence-corrected chi connectivity index (χ3v) is 0. The molecular weight excluding hydrogens is 168 g/mol. The van der Waals surface area contributed by atoms with Gasteiger partial charge in [-0.25, -0.2) is 0 Å². The Kier molecular flexibility index (Phi) is 5050. The van der Waals surface area contributed by atoms with Gasteiger partial charge in [0.25, 0.3) is 0 Å². The predicted molar refractivity (Wildman–Crippen MR) is 18.5 cm³/mol. The minimum absolute atomic E-state index is 0. The Bertz CT molecular complexity index is 55.5. The van der Waals surface area contributed by atoms with Gasteiger partial charge in [-0.3, -0.25) is 0 Å². The van der Waals surface area contributed by atoms with Crippen LogP contribution in [0.4, 0.5) is 0 Å². The van der Waals surface area contributed by atoms with Crippen LogP contribution in [0.2, 0.25) is 0 Å². The Morgan fingerprint density at radius 1 is 0.444 bits per heavy atom. The molecule has 50 valence electrons. The Labute approximate surface area is 63.0 Å². The monoisotopic (exact) mass is 170 g/mol. The second-order valence-electron chi connectivity index (χ2n) is 0. The molecular formula is C4H2FeO4. The molecule has 0 aromatic heterocycles. The Balaban J connectivity index is -0.00000000762. The van der Waals surface area contributed by atoms with Gasteiger partial charge < -0.3 is 0 Å². The molecule has 0 atom stereocenters. The van der Waals surface area contributed by atoms with Gasteiger partial charge in [-0.05, 0) is 0 Å². The topological polar surface area (TPSA) is 79.6 Å². The average Bonchev–Trinajstić information content (AvgIpc) is 2.03. The normalized spacial score (nSPS) is 0.889. The van der Waals surface area contributed by atoms with Crippen LogP contribution >= 0.6 is 0 Å². The van der Waals surface area contributed by atoms with Crippen molar-refractivity contribution in [2.45, 2.75) is 0 Å². The molecule has 0 heterocycles. The summed E-state index contributed by atoms with van der Waals surface area (Å²) in [6.07, 6.45) is 0. The minimum atomic E-state index is 0. The summed E-state index contributed by atoms with van der Waals surface area (Å²) >= 11 is 0. The van der Waals surface area contributed by atoms with E-state index >= 15 is 0 Å². The SMILES string of the molecule is [C-]#[O+].[C-]#[O+].[C-]#[O+].[C-]#[O+].[FeH2]. The van der Waals surface area contributed by atoms with Crippen molar-refractivity contribution < 1.29 is 35.7 Å². The molecule has 0 aliphatic heterocycles. The number of rotatable bonds is 0. The average molecular weight is 170 g/mol. The Morgan fingerprint density at radius 2 is 0.444 bits per heavy atom. The van der Waals surface area contributed by atoms with E-state index in [0.717, 1.165) is 0 Å². The van der Waals surface area contributed by atoms with Crippen LogP contribution in [0.5, 0.6) is 0 Å². The van der Waals surface area contributed by atoms with Gasteiger partial charge >= 0.3 is 62.3 Å². The van der Waals surface area contributed by atoms with Gasteiger partial charge in [0.05, 0.1) is 0 Å². The quantitative estimate of drug-likeness (QED) is 0.262. The molecule has 9 heavy (non-hydrogen) atoms. The van der Waals surface area contributed by atoms with Gasteiger partial charge in [-0.15, -0.1) is 0 Å². The van der Waals surface area contributed by atoms with E-state index in [2.05, 4.69) is 26.6 Å². The molecule has 0 bridgehead atoms. The van der Waals surface area contributed by atoms with E-state index in [0.29, 0.717) is 0 Å². The van der Waals surface area contributed by atoms with Gasteiger partial charge in [0.15, 0.2) is 0 Å². The van der Waals surface area contributed by atoms with Crippen molar-refractivity contribution in [2.24, 2.45) is 0 Å². The van der Waals surface area contributed by atoms with Crippen LogP contribution in [0.1, 0.15) is 0 Å². The molecule has 0 saturated heterocycles. The van der Waals surface area contributed by atoms with Crippen LogP contribution in [0, 0.1) is 26.6 Å². The maximum atomic E-state index is 7.50. The molecule has 0 rings (SSSR count). The van der Waals surface area contributed by atoms with E-state index in [1.807, 2.05) is 0 Å². The molecule has 5 heteroatoms. The molecule has 0 spiro atoms. The molecule has 0 radical (unpaired) electrons. The molecule has 0 amide bonds. The first-order valence-electron chi connectivity index (χ1n) is 0.816. The molecule has 0 N–H and O–H groups in total. The van der Waals surface area contributed by atoms with Gasteiger partial charge in [0.2, 0.25) is 0 Å². The Morgan fingerprint density at radius 3 is 0.444 bits per heavy atom. The predicted octanol–water partition coefficient (Wildman–Crippen LogP) is -0.688. The van der Waals surface area contributed by atoms with Crippen molar-refractivity contribution in [2.75, 3.05) is 0 Å². The van der Waals surface area contributed by atoms with Gasteiger partial charge in [-0.1, -0.05) is 0 Å². The van der Waals surface area contributed by atoms with Gasteiger partial charge in [0, 0.05) is 0 Å². The molecule has 4 nitrogen and oxygen atoms in total. The number of hydrogen-bond donors (Lipinski definition) is 0. The van der Waals surface area contributed by atoms with E-state index in [4.69, 9.17) is 18.6 Å². The van der Waals surface area contributed by atoms with Crippen molar-refractivity contribution in [3.8, 4) is 0 Å². The van der Waals surface area contributed by atoms with Crippen molar-refractivity contribution in [3.05, 3.63) is 26.6 Å². The third kappa shape index (κ3) is 829. The van der Waals surface area contributed by atoms with Crippen molar-refractivity contribution in [3.63, 3.8) is 0 Å². The molecule has 0 aliphatic carbocycles. The van der Waals surface area contributed by atoms with Crippen LogP contribution < -0.4 is 0 Å². The van der Waals surface area contributed by atoms with Crippen LogP contribution in [0.25, 0.3) is 0 Å². The first-order valence-corrected chi connectivity index (χ1v) is 0.816. The second kappa shape index (κ2) is 1160. The zero-order valence-corrected chi connectivity index (χ0v) is 5.32. The van der Waals surface area contributed by atoms with Crippen LogP contribution in [0.3, 0.4) is 0 Å². The second-order valence-corrected chi connectivity index (χ2v) is 0. The van der Waals surface area contributed by atoms with Crippen LogP contribution in [-0.2, 0) is 35.7 Å². The van der Waals surface area contributed by atoms with E-state index in [1.165, 1.54) is 0 Å². The molecule has 0 aromatic rings. The van der Waals surface area contributed by atoms with Gasteiger partial charge in [-0.2, -0.15) is 0 Å². The van der Waals surface area contributed by atoms with Crippen molar-refractivity contribution in [1.82, 2.24) is 0 Å². The fourth-order valence-electron chi connectivity index (χ4n) is 0. The number of hydrogen-bond acceptors (Lipinski definition) is 0. The molecule has 0 fully saturated rings. The summed E-state index contributed by atoms with van der Waals surface area (Å²) in [6.45, 7) is 18.0. The van der Waals surface area contributed by atoms with E-state index in [9.17, 15) is 0 Å². The van der Waals surface area contributed by atoms with E-state index in [-0.39, 0.29) is 17.1 Å². The first-order chi connectivity index (χ1) is 4.00. The molecule has 0 aliphatic rings.